The van der Waals surface area contributed by atoms with Gasteiger partial charge in [0.05, 0.1) is 0 Å². The Hall–Kier alpha value is -3.17. The molecular formula is C36H42N2O. The molecule has 3 heteroatoms. The van der Waals surface area contributed by atoms with Crippen molar-refractivity contribution in [3.63, 3.8) is 0 Å². The number of benzene rings is 3. The zero-order valence-corrected chi connectivity index (χ0v) is 23.6. The molecule has 3 fully saturated rings. The normalized spacial score (nSPS) is 25.1. The van der Waals surface area contributed by atoms with Crippen molar-refractivity contribution in [2.75, 3.05) is 6.54 Å². The number of hydrogen-bond acceptors (Lipinski definition) is 2. The highest BCUT2D eigenvalue weighted by Gasteiger charge is 2.39. The maximum absolute atomic E-state index is 13.5. The van der Waals surface area contributed by atoms with Crippen LogP contribution in [0.4, 0.5) is 0 Å². The predicted octanol–water partition coefficient (Wildman–Crippen LogP) is 7.76. The third kappa shape index (κ3) is 5.47. The fourth-order valence-electron chi connectivity index (χ4n) is 7.51. The van der Waals surface area contributed by atoms with Crippen LogP contribution in [-0.4, -0.2) is 46.4 Å². The molecule has 3 aliphatic rings. The van der Waals surface area contributed by atoms with Crippen LogP contribution in [0, 0.1) is 0 Å². The van der Waals surface area contributed by atoms with Gasteiger partial charge in [-0.05, 0) is 99.6 Å². The van der Waals surface area contributed by atoms with Crippen molar-refractivity contribution in [1.29, 1.82) is 0 Å². The van der Waals surface area contributed by atoms with E-state index in [9.17, 15) is 4.79 Å². The maximum Gasteiger partial charge on any atom is 0.254 e. The molecule has 3 heterocycles. The standard InChI is InChI=1S/C36H42N2O/c1-26-10-9-11-27(2)38(26)36(39)31-18-16-30(17-19-31)35(29-14-7-4-8-15-29)32-24-33-20-21-34(25-32)37(33)23-22-28-12-5-3-6-13-28/h3-8,12-19,26-27,33-34H,9-11,20-25H2,1-2H3. The first-order valence-corrected chi connectivity index (χ1v) is 15.1. The van der Waals surface area contributed by atoms with Crippen molar-refractivity contribution < 1.29 is 4.79 Å². The van der Waals surface area contributed by atoms with E-state index in [4.69, 9.17) is 0 Å². The van der Waals surface area contributed by atoms with Crippen LogP contribution in [0.2, 0.25) is 0 Å². The molecule has 1 amide bonds. The number of rotatable bonds is 6. The van der Waals surface area contributed by atoms with Crippen molar-refractivity contribution in [3.05, 3.63) is 113 Å². The van der Waals surface area contributed by atoms with Crippen LogP contribution in [0.15, 0.2) is 90.5 Å². The second-order valence-corrected chi connectivity index (χ2v) is 12.0. The zero-order valence-electron chi connectivity index (χ0n) is 23.6. The Balaban J connectivity index is 1.26. The lowest BCUT2D eigenvalue weighted by molar-refractivity contribution is 0.0511. The predicted molar refractivity (Wildman–Crippen MR) is 161 cm³/mol. The van der Waals surface area contributed by atoms with Crippen LogP contribution < -0.4 is 0 Å². The SMILES string of the molecule is CC1CCCC(C)N1C(=O)c1ccc(C(=C2CC3CCC(C2)N3CCc2ccccc2)c2ccccc2)cc1. The van der Waals surface area contributed by atoms with E-state index in [1.165, 1.54) is 41.5 Å². The Kier molecular flexibility index (Phi) is 7.70. The van der Waals surface area contributed by atoms with Crippen LogP contribution in [0.5, 0.6) is 0 Å². The Bertz CT molecular complexity index is 1270. The molecule has 0 aromatic heterocycles. The smallest absolute Gasteiger partial charge is 0.254 e. The highest BCUT2D eigenvalue weighted by atomic mass is 16.2. The number of piperidine rings is 2. The zero-order chi connectivity index (χ0) is 26.8. The first-order chi connectivity index (χ1) is 19.1. The van der Waals surface area contributed by atoms with Crippen LogP contribution in [0.3, 0.4) is 0 Å². The fraction of sp³-hybridized carbons (Fsp3) is 0.417. The number of carbonyl (C=O) groups is 1. The minimum Gasteiger partial charge on any atom is -0.333 e. The summed E-state index contributed by atoms with van der Waals surface area (Å²) in [5.74, 6) is 0.180. The van der Waals surface area contributed by atoms with Crippen LogP contribution in [-0.2, 0) is 6.42 Å². The molecular weight excluding hydrogens is 476 g/mol. The second kappa shape index (κ2) is 11.5. The molecule has 4 atom stereocenters. The number of hydrogen-bond donors (Lipinski definition) is 0. The van der Waals surface area contributed by atoms with Gasteiger partial charge < -0.3 is 4.90 Å². The quantitative estimate of drug-likeness (QED) is 0.333. The second-order valence-electron chi connectivity index (χ2n) is 12.0. The van der Waals surface area contributed by atoms with E-state index >= 15 is 0 Å². The average molecular weight is 519 g/mol. The van der Waals surface area contributed by atoms with Crippen LogP contribution >= 0.6 is 0 Å². The molecule has 0 N–H and O–H groups in total. The maximum atomic E-state index is 13.5. The molecule has 0 saturated carbocycles. The molecule has 0 aliphatic carbocycles. The van der Waals surface area contributed by atoms with Crippen molar-refractivity contribution in [3.8, 4) is 0 Å². The van der Waals surface area contributed by atoms with Crippen molar-refractivity contribution in [2.24, 2.45) is 0 Å². The van der Waals surface area contributed by atoms with Crippen LogP contribution in [0.25, 0.3) is 5.57 Å². The third-order valence-electron chi connectivity index (χ3n) is 9.50. The Morgan fingerprint density at radius 2 is 1.23 bits per heavy atom. The number of fused-ring (bicyclic) bond motifs is 2. The molecule has 6 rings (SSSR count). The fourth-order valence-corrected chi connectivity index (χ4v) is 7.51. The highest BCUT2D eigenvalue weighted by Crippen LogP contribution is 2.43. The molecule has 3 nitrogen and oxygen atoms in total. The largest absolute Gasteiger partial charge is 0.333 e. The van der Waals surface area contributed by atoms with Crippen LogP contribution in [0.1, 0.15) is 85.8 Å². The van der Waals surface area contributed by atoms with Gasteiger partial charge in [0, 0.05) is 36.3 Å². The van der Waals surface area contributed by atoms with Gasteiger partial charge in [-0.15, -0.1) is 0 Å². The van der Waals surface area contributed by atoms with Gasteiger partial charge in [0.2, 0.25) is 0 Å². The minimum atomic E-state index is 0.180. The third-order valence-corrected chi connectivity index (χ3v) is 9.50. The van der Waals surface area contributed by atoms with Gasteiger partial charge in [-0.25, -0.2) is 0 Å². The summed E-state index contributed by atoms with van der Waals surface area (Å²) in [5, 5.41) is 0. The first-order valence-electron chi connectivity index (χ1n) is 15.1. The Morgan fingerprint density at radius 3 is 1.85 bits per heavy atom. The number of likely N-dealkylation sites (tertiary alicyclic amines) is 1. The van der Waals surface area contributed by atoms with Crippen molar-refractivity contribution in [2.45, 2.75) is 89.4 Å². The van der Waals surface area contributed by atoms with E-state index in [-0.39, 0.29) is 5.91 Å². The van der Waals surface area contributed by atoms with Gasteiger partial charge in [0.1, 0.15) is 0 Å². The summed E-state index contributed by atoms with van der Waals surface area (Å²) < 4.78 is 0. The molecule has 202 valence electrons. The molecule has 4 unspecified atom stereocenters. The molecule has 3 aromatic carbocycles. The Morgan fingerprint density at radius 1 is 0.692 bits per heavy atom. The first kappa shape index (κ1) is 26.1. The lowest BCUT2D eigenvalue weighted by atomic mass is 9.85. The summed E-state index contributed by atoms with van der Waals surface area (Å²) in [4.78, 5) is 18.4. The van der Waals surface area contributed by atoms with E-state index in [1.807, 2.05) is 0 Å². The van der Waals surface area contributed by atoms with Gasteiger partial charge in [-0.3, -0.25) is 9.69 Å². The van der Waals surface area contributed by atoms with E-state index in [2.05, 4.69) is 109 Å². The monoisotopic (exact) mass is 518 g/mol. The number of amides is 1. The summed E-state index contributed by atoms with van der Waals surface area (Å²) in [5.41, 5.74) is 7.75. The summed E-state index contributed by atoms with van der Waals surface area (Å²) in [7, 11) is 0. The topological polar surface area (TPSA) is 23.6 Å². The molecule has 0 radical (unpaired) electrons. The molecule has 0 spiro atoms. The summed E-state index contributed by atoms with van der Waals surface area (Å²) >= 11 is 0. The Labute approximate surface area is 234 Å². The lowest BCUT2D eigenvalue weighted by Gasteiger charge is -2.39. The van der Waals surface area contributed by atoms with Gasteiger partial charge in [-0.1, -0.05) is 78.4 Å². The summed E-state index contributed by atoms with van der Waals surface area (Å²) in [6, 6.07) is 32.2. The van der Waals surface area contributed by atoms with E-state index in [0.717, 1.165) is 44.2 Å². The molecule has 39 heavy (non-hydrogen) atoms. The van der Waals surface area contributed by atoms with E-state index in [1.54, 1.807) is 5.57 Å². The summed E-state index contributed by atoms with van der Waals surface area (Å²) in [6.45, 7) is 5.54. The van der Waals surface area contributed by atoms with E-state index < -0.39 is 0 Å². The van der Waals surface area contributed by atoms with Crippen molar-refractivity contribution >= 4 is 11.5 Å². The molecule has 3 saturated heterocycles. The lowest BCUT2D eigenvalue weighted by Crippen LogP contribution is -2.47. The summed E-state index contributed by atoms with van der Waals surface area (Å²) in [6.07, 6.45) is 9.41. The van der Waals surface area contributed by atoms with Crippen molar-refractivity contribution in [1.82, 2.24) is 9.80 Å². The highest BCUT2D eigenvalue weighted by molar-refractivity contribution is 5.95. The number of carbonyl (C=O) groups excluding carboxylic acids is 1. The molecule has 3 aromatic rings. The number of nitrogens with zero attached hydrogens (tertiary/aromatic N) is 2. The van der Waals surface area contributed by atoms with Gasteiger partial charge in [-0.2, -0.15) is 0 Å². The van der Waals surface area contributed by atoms with E-state index in [0.29, 0.717) is 24.2 Å². The average Bonchev–Trinajstić information content (AvgIpc) is 3.20. The molecule has 2 bridgehead atoms. The molecule has 3 aliphatic heterocycles. The minimum absolute atomic E-state index is 0.180. The van der Waals surface area contributed by atoms with Gasteiger partial charge in [0.15, 0.2) is 0 Å². The van der Waals surface area contributed by atoms with Gasteiger partial charge >= 0.3 is 0 Å². The van der Waals surface area contributed by atoms with Gasteiger partial charge in [0.25, 0.3) is 5.91 Å².